The van der Waals surface area contributed by atoms with Crippen LogP contribution in [0.2, 0.25) is 0 Å². The van der Waals surface area contributed by atoms with Crippen molar-refractivity contribution in [2.24, 2.45) is 5.92 Å². The minimum absolute atomic E-state index is 0.0333. The summed E-state index contributed by atoms with van der Waals surface area (Å²) in [5, 5.41) is 3.31. The lowest BCUT2D eigenvalue weighted by Crippen LogP contribution is -2.51. The van der Waals surface area contributed by atoms with E-state index in [-0.39, 0.29) is 29.9 Å². The van der Waals surface area contributed by atoms with Gasteiger partial charge in [0.25, 0.3) is 5.91 Å². The van der Waals surface area contributed by atoms with Gasteiger partial charge in [-0.2, -0.15) is 0 Å². The van der Waals surface area contributed by atoms with Crippen molar-refractivity contribution < 1.29 is 9.59 Å². The summed E-state index contributed by atoms with van der Waals surface area (Å²) in [7, 11) is 0. The molecule has 0 radical (unpaired) electrons. The van der Waals surface area contributed by atoms with Gasteiger partial charge in [-0.1, -0.05) is 56.7 Å². The Kier molecular flexibility index (Phi) is 5.80. The topological polar surface area (TPSA) is 49.4 Å². The average molecular weight is 369 g/mol. The van der Waals surface area contributed by atoms with Gasteiger partial charge in [-0.3, -0.25) is 9.59 Å². The number of hydrogen-bond acceptors (Lipinski definition) is 2. The number of likely N-dealkylation sites (tertiary alicyclic amines) is 1. The molecule has 1 aromatic carbocycles. The van der Waals surface area contributed by atoms with Crippen molar-refractivity contribution >= 4 is 11.8 Å². The third-order valence-electron chi connectivity index (χ3n) is 6.85. The summed E-state index contributed by atoms with van der Waals surface area (Å²) in [6.07, 6.45) is 12.5. The van der Waals surface area contributed by atoms with Crippen LogP contribution in [0.15, 0.2) is 30.3 Å². The molecule has 3 aliphatic rings. The Morgan fingerprint density at radius 3 is 2.26 bits per heavy atom. The molecule has 4 heteroatoms. The number of nitrogens with zero attached hydrogens (tertiary/aromatic N) is 1. The van der Waals surface area contributed by atoms with Gasteiger partial charge in [0.2, 0.25) is 5.91 Å². The first-order valence-electron chi connectivity index (χ1n) is 10.9. The summed E-state index contributed by atoms with van der Waals surface area (Å²) < 4.78 is 0. The highest BCUT2D eigenvalue weighted by Crippen LogP contribution is 2.40. The van der Waals surface area contributed by atoms with E-state index in [1.165, 1.54) is 32.1 Å². The van der Waals surface area contributed by atoms with Crippen LogP contribution in [0, 0.1) is 5.92 Å². The van der Waals surface area contributed by atoms with Gasteiger partial charge >= 0.3 is 0 Å². The summed E-state index contributed by atoms with van der Waals surface area (Å²) in [6.45, 7) is 0. The largest absolute Gasteiger partial charge is 0.352 e. The normalized spacial score (nSPS) is 29.0. The van der Waals surface area contributed by atoms with E-state index in [1.54, 1.807) is 0 Å². The van der Waals surface area contributed by atoms with Crippen molar-refractivity contribution in [2.75, 3.05) is 0 Å². The zero-order valence-electron chi connectivity index (χ0n) is 16.2. The number of carbonyl (C=O) groups is 2. The molecule has 1 aromatic rings. The third-order valence-corrected chi connectivity index (χ3v) is 6.85. The average Bonchev–Trinajstić information content (AvgIpc) is 2.91. The highest BCUT2D eigenvalue weighted by molar-refractivity contribution is 5.98. The second-order valence-corrected chi connectivity index (χ2v) is 8.64. The molecule has 4 rings (SSSR count). The number of rotatable bonds is 3. The molecule has 1 aliphatic heterocycles. The van der Waals surface area contributed by atoms with E-state index in [0.29, 0.717) is 11.5 Å². The lowest BCUT2D eigenvalue weighted by molar-refractivity contribution is -0.126. The number of fused-ring (bicyclic) bond motifs is 1. The van der Waals surface area contributed by atoms with Crippen LogP contribution in [-0.2, 0) is 4.79 Å². The Morgan fingerprint density at radius 2 is 1.52 bits per heavy atom. The SMILES string of the molecule is O=C(NC1CCCCCC1)C1CC2CCCCC2N1C(=O)c1ccccc1. The molecule has 27 heavy (non-hydrogen) atoms. The van der Waals surface area contributed by atoms with Gasteiger partial charge in [-0.15, -0.1) is 0 Å². The van der Waals surface area contributed by atoms with Crippen LogP contribution >= 0.6 is 0 Å². The van der Waals surface area contributed by atoms with Crippen LogP contribution in [0.4, 0.5) is 0 Å². The summed E-state index contributed by atoms with van der Waals surface area (Å²) in [4.78, 5) is 28.5. The van der Waals surface area contributed by atoms with E-state index in [0.717, 1.165) is 38.5 Å². The smallest absolute Gasteiger partial charge is 0.254 e. The minimum Gasteiger partial charge on any atom is -0.352 e. The van der Waals surface area contributed by atoms with Crippen molar-refractivity contribution in [1.82, 2.24) is 10.2 Å². The Balaban J connectivity index is 1.53. The second kappa shape index (κ2) is 8.45. The molecule has 3 atom stereocenters. The number of nitrogens with one attached hydrogen (secondary N) is 1. The summed E-state index contributed by atoms with van der Waals surface area (Å²) in [5.74, 6) is 0.600. The molecule has 1 saturated heterocycles. The molecular formula is C23H32N2O2. The maximum Gasteiger partial charge on any atom is 0.254 e. The number of carbonyl (C=O) groups excluding carboxylic acids is 2. The number of amides is 2. The van der Waals surface area contributed by atoms with E-state index < -0.39 is 0 Å². The van der Waals surface area contributed by atoms with Crippen LogP contribution in [-0.4, -0.2) is 34.8 Å². The summed E-state index contributed by atoms with van der Waals surface area (Å²) >= 11 is 0. The molecule has 3 unspecified atom stereocenters. The maximum atomic E-state index is 13.3. The van der Waals surface area contributed by atoms with Crippen LogP contribution in [0.5, 0.6) is 0 Å². The standard InChI is InChI=1S/C23H32N2O2/c26-22(24-19-13-6-1-2-7-14-19)21-16-18-12-8-9-15-20(18)25(21)23(27)17-10-4-3-5-11-17/h3-5,10-11,18-21H,1-2,6-9,12-16H2,(H,24,26). The van der Waals surface area contributed by atoms with Gasteiger partial charge in [-0.25, -0.2) is 0 Å². The molecular weight excluding hydrogens is 336 g/mol. The van der Waals surface area contributed by atoms with E-state index in [1.807, 2.05) is 35.2 Å². The van der Waals surface area contributed by atoms with E-state index in [9.17, 15) is 9.59 Å². The van der Waals surface area contributed by atoms with Crippen molar-refractivity contribution in [3.63, 3.8) is 0 Å². The monoisotopic (exact) mass is 368 g/mol. The van der Waals surface area contributed by atoms with Crippen molar-refractivity contribution in [3.8, 4) is 0 Å². The molecule has 0 spiro atoms. The zero-order chi connectivity index (χ0) is 18.6. The Labute approximate surface area is 162 Å². The van der Waals surface area contributed by atoms with Gasteiger partial charge in [0.05, 0.1) is 0 Å². The van der Waals surface area contributed by atoms with Gasteiger partial charge < -0.3 is 10.2 Å². The maximum absolute atomic E-state index is 13.3. The molecule has 2 amide bonds. The quantitative estimate of drug-likeness (QED) is 0.809. The van der Waals surface area contributed by atoms with E-state index in [4.69, 9.17) is 0 Å². The van der Waals surface area contributed by atoms with Gasteiger partial charge in [0, 0.05) is 17.6 Å². The van der Waals surface area contributed by atoms with Crippen LogP contribution in [0.25, 0.3) is 0 Å². The molecule has 2 aliphatic carbocycles. The predicted molar refractivity (Wildman–Crippen MR) is 106 cm³/mol. The Bertz CT molecular complexity index is 652. The Morgan fingerprint density at radius 1 is 0.852 bits per heavy atom. The molecule has 1 heterocycles. The van der Waals surface area contributed by atoms with Gasteiger partial charge in [0.15, 0.2) is 0 Å². The molecule has 1 N–H and O–H groups in total. The van der Waals surface area contributed by atoms with Crippen molar-refractivity contribution in [3.05, 3.63) is 35.9 Å². The van der Waals surface area contributed by atoms with Crippen LogP contribution in [0.1, 0.15) is 81.0 Å². The van der Waals surface area contributed by atoms with Gasteiger partial charge in [-0.05, 0) is 50.2 Å². The molecule has 3 fully saturated rings. The van der Waals surface area contributed by atoms with Crippen molar-refractivity contribution in [2.45, 2.75) is 88.8 Å². The molecule has 2 saturated carbocycles. The fourth-order valence-electron chi connectivity index (χ4n) is 5.44. The Hall–Kier alpha value is -1.84. The van der Waals surface area contributed by atoms with Gasteiger partial charge in [0.1, 0.15) is 6.04 Å². The van der Waals surface area contributed by atoms with E-state index in [2.05, 4.69) is 5.32 Å². The molecule has 0 bridgehead atoms. The van der Waals surface area contributed by atoms with E-state index >= 15 is 0 Å². The second-order valence-electron chi connectivity index (χ2n) is 8.64. The minimum atomic E-state index is -0.297. The number of hydrogen-bond donors (Lipinski definition) is 1. The zero-order valence-corrected chi connectivity index (χ0v) is 16.2. The first-order valence-corrected chi connectivity index (χ1v) is 10.9. The summed E-state index contributed by atoms with van der Waals surface area (Å²) in [5.41, 5.74) is 0.705. The third kappa shape index (κ3) is 4.04. The molecule has 0 aromatic heterocycles. The highest BCUT2D eigenvalue weighted by atomic mass is 16.2. The van der Waals surface area contributed by atoms with Crippen molar-refractivity contribution in [1.29, 1.82) is 0 Å². The molecule has 146 valence electrons. The fourth-order valence-corrected chi connectivity index (χ4v) is 5.44. The fraction of sp³-hybridized carbons (Fsp3) is 0.652. The molecule has 4 nitrogen and oxygen atoms in total. The van der Waals surface area contributed by atoms with Crippen LogP contribution in [0.3, 0.4) is 0 Å². The lowest BCUT2D eigenvalue weighted by Gasteiger charge is -2.34. The summed E-state index contributed by atoms with van der Waals surface area (Å²) in [6, 6.07) is 9.71. The van der Waals surface area contributed by atoms with Crippen LogP contribution < -0.4 is 5.32 Å². The highest BCUT2D eigenvalue weighted by Gasteiger charge is 2.47. The lowest BCUT2D eigenvalue weighted by atomic mass is 9.84. The first kappa shape index (κ1) is 18.5. The first-order chi connectivity index (χ1) is 13.2. The predicted octanol–water partition coefficient (Wildman–Crippen LogP) is 4.30. The number of benzene rings is 1.